The Bertz CT molecular complexity index is 4990. The highest BCUT2D eigenvalue weighted by molar-refractivity contribution is 5.91. The summed E-state index contributed by atoms with van der Waals surface area (Å²) in [4.78, 5) is 78.8. The molecule has 13 rings (SSSR count). The molecular weight excluding hydrogens is 1320 g/mol. The van der Waals surface area contributed by atoms with Crippen LogP contribution in [-0.2, 0) is 0 Å². The zero-order chi connectivity index (χ0) is 80.6. The summed E-state index contributed by atoms with van der Waals surface area (Å²) >= 11 is 0. The Morgan fingerprint density at radius 3 is 1.04 bits per heavy atom. The van der Waals surface area contributed by atoms with Crippen LogP contribution in [-0.4, -0.2) is 94.7 Å². The summed E-state index contributed by atoms with van der Waals surface area (Å²) in [7, 11) is 0. The normalized spacial score (nSPS) is 10.2. The van der Waals surface area contributed by atoms with E-state index >= 15 is 0 Å². The molecule has 10 aromatic heterocycles. The van der Waals surface area contributed by atoms with Crippen molar-refractivity contribution in [3.05, 3.63) is 272 Å². The van der Waals surface area contributed by atoms with E-state index in [0.29, 0.717) is 0 Å². The number of fused-ring (bicyclic) bond motifs is 3. The van der Waals surface area contributed by atoms with Crippen LogP contribution in [0.25, 0.3) is 32.7 Å². The van der Waals surface area contributed by atoms with Crippen molar-refractivity contribution in [2.75, 3.05) is 0 Å². The summed E-state index contributed by atoms with van der Waals surface area (Å²) < 4.78 is 0. The zero-order valence-corrected chi connectivity index (χ0v) is 70.9. The van der Waals surface area contributed by atoms with Gasteiger partial charge >= 0.3 is 0 Å². The van der Waals surface area contributed by atoms with Crippen molar-refractivity contribution < 1.29 is 0 Å². The molecule has 3 aromatic carbocycles. The van der Waals surface area contributed by atoms with E-state index in [9.17, 15) is 0 Å². The fraction of sp³-hybridized carbons (Fsp3) is 0.398. The van der Waals surface area contributed by atoms with Crippen molar-refractivity contribution in [3.8, 4) is 0 Å². The molecule has 0 amide bonds. The topological polar surface area (TPSA) is 245 Å². The molecule has 0 N–H and O–H groups in total. The van der Waals surface area contributed by atoms with E-state index in [1.165, 1.54) is 111 Å². The first kappa shape index (κ1) is 88.7. The summed E-state index contributed by atoms with van der Waals surface area (Å²) in [5, 5.41) is 3.94. The molecule has 564 valence electrons. The Kier molecular flexibility index (Phi) is 34.2. The van der Waals surface area contributed by atoms with Gasteiger partial charge in [-0.2, -0.15) is 0 Å². The number of rotatable bonds is 0. The predicted octanol–water partition coefficient (Wildman–Crippen LogP) is 19.6. The van der Waals surface area contributed by atoms with E-state index < -0.39 is 0 Å². The second-order valence-electron chi connectivity index (χ2n) is 27.6. The van der Waals surface area contributed by atoms with Gasteiger partial charge in [-0.05, 0) is 338 Å². The molecule has 13 aromatic rings. The van der Waals surface area contributed by atoms with Crippen LogP contribution in [0.5, 0.6) is 0 Å². The number of pyridine rings is 3. The molecule has 10 heterocycles. The van der Waals surface area contributed by atoms with Crippen LogP contribution < -0.4 is 0 Å². The number of nitrogens with zero attached hydrogens (tertiary/aromatic N) is 19. The Balaban J connectivity index is 0.000000254. The van der Waals surface area contributed by atoms with E-state index in [2.05, 4.69) is 217 Å². The molecule has 0 bridgehead atoms. The number of hydrogen-bond donors (Lipinski definition) is 0. The van der Waals surface area contributed by atoms with Crippen LogP contribution >= 0.6 is 0 Å². The van der Waals surface area contributed by atoms with E-state index in [0.717, 1.165) is 126 Å². The van der Waals surface area contributed by atoms with Crippen LogP contribution in [0.1, 0.15) is 198 Å². The molecule has 19 heteroatoms. The number of aryl methyl sites for hydroxylation is 30. The molecular formula is C88H117N19. The SMILES string of the molecule is Cc1cc(C)c2c(C)c(C)cnc2c1.Cc1ccc2c(C)c(C)cnc2c1.Cc1cnc(C)c(C)n1.Cc1cnc(C)cn1.Cc1nc(C)c(C)c(C)n1.Cc1nc(C)c(C)nc1C.Cc1nc(C)nc(C)n1.Cc1nc2c(C)c(C)c(C)c(C)c2c(C)c1C.Cc1ncnc(C)c1C.Cc1ncnc(C)n1. The van der Waals surface area contributed by atoms with Crippen LogP contribution in [0.4, 0.5) is 0 Å². The maximum atomic E-state index is 4.80. The summed E-state index contributed by atoms with van der Waals surface area (Å²) in [5.41, 5.74) is 37.7. The van der Waals surface area contributed by atoms with Crippen molar-refractivity contribution in [1.82, 2.24) is 94.7 Å². The first-order valence-corrected chi connectivity index (χ1v) is 36.1. The average Bonchev–Trinajstić information content (AvgIpc) is 0.758. The summed E-state index contributed by atoms with van der Waals surface area (Å²) in [6, 6.07) is 10.8. The monoisotopic (exact) mass is 1440 g/mol. The fourth-order valence-electron chi connectivity index (χ4n) is 10.9. The van der Waals surface area contributed by atoms with Gasteiger partial charge in [0.25, 0.3) is 0 Å². The third kappa shape index (κ3) is 27.0. The van der Waals surface area contributed by atoms with Crippen molar-refractivity contribution >= 4 is 32.7 Å². The Morgan fingerprint density at radius 2 is 0.589 bits per heavy atom. The smallest absolute Gasteiger partial charge is 0.129 e. The first-order chi connectivity index (χ1) is 50.0. The Morgan fingerprint density at radius 1 is 0.196 bits per heavy atom. The van der Waals surface area contributed by atoms with Crippen molar-refractivity contribution in [1.29, 1.82) is 0 Å². The average molecular weight is 1440 g/mol. The number of aromatic nitrogens is 19. The van der Waals surface area contributed by atoms with Gasteiger partial charge in [-0.1, -0.05) is 18.2 Å². The minimum absolute atomic E-state index is 0.775. The van der Waals surface area contributed by atoms with Gasteiger partial charge in [0.15, 0.2) is 0 Å². The van der Waals surface area contributed by atoms with Crippen LogP contribution in [0.3, 0.4) is 0 Å². The maximum Gasteiger partial charge on any atom is 0.129 e. The van der Waals surface area contributed by atoms with Gasteiger partial charge in [-0.25, -0.2) is 49.8 Å². The van der Waals surface area contributed by atoms with E-state index in [1.54, 1.807) is 24.9 Å². The molecule has 0 saturated carbocycles. The molecule has 0 aliphatic rings. The van der Waals surface area contributed by atoms with E-state index in [4.69, 9.17) is 4.98 Å². The highest BCUT2D eigenvalue weighted by atomic mass is 15.0. The van der Waals surface area contributed by atoms with Gasteiger partial charge in [-0.3, -0.25) is 44.9 Å². The van der Waals surface area contributed by atoms with Gasteiger partial charge in [0.05, 0.1) is 67.8 Å². The summed E-state index contributed by atoms with van der Waals surface area (Å²) in [6.45, 7) is 71.1. The number of hydrogen-bond acceptors (Lipinski definition) is 19. The molecule has 0 saturated heterocycles. The minimum Gasteiger partial charge on any atom is -0.258 e. The van der Waals surface area contributed by atoms with Crippen molar-refractivity contribution in [2.24, 2.45) is 0 Å². The third-order valence-corrected chi connectivity index (χ3v) is 18.8. The summed E-state index contributed by atoms with van der Waals surface area (Å²) in [6.07, 6.45) is 12.3. The van der Waals surface area contributed by atoms with Crippen LogP contribution in [0.15, 0.2) is 74.0 Å². The zero-order valence-electron chi connectivity index (χ0n) is 70.9. The fourth-order valence-corrected chi connectivity index (χ4v) is 10.9. The lowest BCUT2D eigenvalue weighted by atomic mass is 9.90. The van der Waals surface area contributed by atoms with E-state index in [1.807, 2.05) is 158 Å². The highest BCUT2D eigenvalue weighted by Gasteiger charge is 2.15. The molecule has 19 nitrogen and oxygen atoms in total. The number of benzene rings is 3. The predicted molar refractivity (Wildman–Crippen MR) is 441 cm³/mol. The lowest BCUT2D eigenvalue weighted by molar-refractivity contribution is 0.875. The highest BCUT2D eigenvalue weighted by Crippen LogP contribution is 2.32. The standard InChI is InChI=1S/C16H21N.C13H15N.C12H13N.2C8H12N2.2C7H10N2.C6H9N3.C6H8N2.C5H7N3/c1-8-9(2)13(6)16-15(11(8)4)12(5)10(3)14(7)17-16;1-8-5-9(2)13-11(4)10(3)7-14-12(13)6-8;1-8-4-5-11-10(3)9(2)7-13-12(11)6-8;1-5-6(2)10-8(4)7(3)9-5;1-5-6(2)9-8(4)10-7(5)3;1-5-6(2)8-4-9-7(5)3;1-5-4-8-6(2)7(3)9-5;1-4-7-5(2)9-6(3)8-4;1-5-3-8-6(2)4-7-5;1-4-6-3-7-5(2)8-4/h1-7H3;5-7H,1-4H3;4-7H,1-3H3;2*1-4H3;2*4H,1-3H3;1-3H3;3-4H,1-2H3;3H,1-2H3. The molecule has 107 heavy (non-hydrogen) atoms. The largest absolute Gasteiger partial charge is 0.258 e. The first-order valence-electron chi connectivity index (χ1n) is 36.1. The maximum absolute atomic E-state index is 4.80. The third-order valence-electron chi connectivity index (χ3n) is 18.8. The molecule has 0 radical (unpaired) electrons. The summed E-state index contributed by atoms with van der Waals surface area (Å²) in [5.74, 6) is 4.79. The molecule has 0 atom stereocenters. The molecule has 0 spiro atoms. The lowest BCUT2D eigenvalue weighted by Gasteiger charge is -2.17. The van der Waals surface area contributed by atoms with Crippen LogP contribution in [0, 0.1) is 242 Å². The Labute approximate surface area is 638 Å². The van der Waals surface area contributed by atoms with Gasteiger partial charge in [0.1, 0.15) is 47.6 Å². The second-order valence-corrected chi connectivity index (χ2v) is 27.6. The Hall–Kier alpha value is -10.7. The molecule has 0 unspecified atom stereocenters. The second kappa shape index (κ2) is 41.3. The van der Waals surface area contributed by atoms with E-state index in [-0.39, 0.29) is 0 Å². The minimum atomic E-state index is 0.775. The van der Waals surface area contributed by atoms with Crippen molar-refractivity contribution in [3.63, 3.8) is 0 Å². The molecule has 0 fully saturated rings. The quantitative estimate of drug-likeness (QED) is 0.137. The molecule has 0 aliphatic carbocycles. The van der Waals surface area contributed by atoms with Gasteiger partial charge < -0.3 is 0 Å². The lowest BCUT2D eigenvalue weighted by Crippen LogP contribution is -2.01. The van der Waals surface area contributed by atoms with Crippen molar-refractivity contribution in [2.45, 2.75) is 242 Å². The van der Waals surface area contributed by atoms with Gasteiger partial charge in [-0.15, -0.1) is 0 Å². The molecule has 0 aliphatic heterocycles. The van der Waals surface area contributed by atoms with Crippen LogP contribution in [0.2, 0.25) is 0 Å². The van der Waals surface area contributed by atoms with Gasteiger partial charge in [0.2, 0.25) is 0 Å². The van der Waals surface area contributed by atoms with Gasteiger partial charge in [0, 0.05) is 75.6 Å².